The fraction of sp³-hybridized carbons (Fsp3) is 0.480. The molecule has 0 atom stereocenters. The Kier molecular flexibility index (Phi) is 12.3. The standard InChI is InChI=1S/C25H38N4O2/c1-4-26-25(27-15-17-29(2)16-8-18-30-3)28-19-22-11-13-24(14-12-22)21-31-20-23-9-6-5-7-10-23/h5-7,9-14H,4,8,15-21H2,1-3H3,(H2,26,27,28). The molecule has 0 aliphatic carbocycles. The zero-order chi connectivity index (χ0) is 22.2. The van der Waals surface area contributed by atoms with Crippen molar-refractivity contribution in [3.63, 3.8) is 0 Å². The smallest absolute Gasteiger partial charge is 0.191 e. The Bertz CT molecular complexity index is 735. The van der Waals surface area contributed by atoms with Crippen LogP contribution in [0, 0.1) is 0 Å². The van der Waals surface area contributed by atoms with Crippen LogP contribution in [0.4, 0.5) is 0 Å². The maximum Gasteiger partial charge on any atom is 0.191 e. The lowest BCUT2D eigenvalue weighted by Gasteiger charge is -2.18. The first-order valence-corrected chi connectivity index (χ1v) is 11.1. The molecule has 6 heteroatoms. The highest BCUT2D eigenvalue weighted by Gasteiger charge is 2.01. The molecule has 6 nitrogen and oxygen atoms in total. The van der Waals surface area contributed by atoms with Gasteiger partial charge in [0.25, 0.3) is 0 Å². The van der Waals surface area contributed by atoms with Crippen LogP contribution in [0.1, 0.15) is 30.0 Å². The molecule has 0 bridgehead atoms. The summed E-state index contributed by atoms with van der Waals surface area (Å²) < 4.78 is 10.9. The average Bonchev–Trinajstić information content (AvgIpc) is 2.79. The van der Waals surface area contributed by atoms with Crippen molar-refractivity contribution in [2.45, 2.75) is 33.1 Å². The molecule has 0 heterocycles. The lowest BCUT2D eigenvalue weighted by atomic mass is 10.1. The van der Waals surface area contributed by atoms with E-state index >= 15 is 0 Å². The van der Waals surface area contributed by atoms with Gasteiger partial charge < -0.3 is 25.0 Å². The van der Waals surface area contributed by atoms with Crippen LogP contribution < -0.4 is 10.6 Å². The zero-order valence-corrected chi connectivity index (χ0v) is 19.3. The quantitative estimate of drug-likeness (QED) is 0.275. The Balaban J connectivity index is 1.73. The number of guanidine groups is 1. The first-order chi connectivity index (χ1) is 15.2. The van der Waals surface area contributed by atoms with E-state index in [1.54, 1.807) is 7.11 Å². The highest BCUT2D eigenvalue weighted by molar-refractivity contribution is 5.79. The molecule has 0 aliphatic heterocycles. The highest BCUT2D eigenvalue weighted by Crippen LogP contribution is 2.09. The Morgan fingerprint density at radius 1 is 0.903 bits per heavy atom. The Labute approximate surface area is 187 Å². The molecule has 0 spiro atoms. The number of nitrogens with one attached hydrogen (secondary N) is 2. The van der Waals surface area contributed by atoms with Crippen LogP contribution in [0.5, 0.6) is 0 Å². The predicted molar refractivity (Wildman–Crippen MR) is 128 cm³/mol. The minimum absolute atomic E-state index is 0.612. The Morgan fingerprint density at radius 2 is 1.58 bits per heavy atom. The minimum Gasteiger partial charge on any atom is -0.385 e. The molecule has 0 fully saturated rings. The van der Waals surface area contributed by atoms with Gasteiger partial charge in [-0.05, 0) is 37.1 Å². The number of benzene rings is 2. The Morgan fingerprint density at radius 3 is 2.26 bits per heavy atom. The molecule has 0 aromatic heterocycles. The monoisotopic (exact) mass is 426 g/mol. The van der Waals surface area contributed by atoms with Crippen molar-refractivity contribution in [3.8, 4) is 0 Å². The molecule has 170 valence electrons. The Hall–Kier alpha value is -2.41. The number of likely N-dealkylation sites (N-methyl/N-ethyl adjacent to an activating group) is 1. The van der Waals surface area contributed by atoms with E-state index in [0.29, 0.717) is 19.8 Å². The number of aliphatic imine (C=N–C) groups is 1. The summed E-state index contributed by atoms with van der Waals surface area (Å²) in [5, 5.41) is 6.73. The van der Waals surface area contributed by atoms with Gasteiger partial charge in [-0.25, -0.2) is 4.99 Å². The van der Waals surface area contributed by atoms with E-state index in [9.17, 15) is 0 Å². The third-order valence-corrected chi connectivity index (χ3v) is 4.84. The summed E-state index contributed by atoms with van der Waals surface area (Å²) in [7, 11) is 3.88. The molecule has 0 saturated heterocycles. The van der Waals surface area contributed by atoms with E-state index < -0.39 is 0 Å². The second-order valence-corrected chi connectivity index (χ2v) is 7.57. The average molecular weight is 427 g/mol. The van der Waals surface area contributed by atoms with Crippen LogP contribution in [0.3, 0.4) is 0 Å². The largest absolute Gasteiger partial charge is 0.385 e. The molecule has 2 rings (SSSR count). The van der Waals surface area contributed by atoms with Crippen LogP contribution in [-0.2, 0) is 29.2 Å². The number of rotatable bonds is 14. The first kappa shape index (κ1) is 24.9. The van der Waals surface area contributed by atoms with E-state index in [1.807, 2.05) is 18.2 Å². The molecule has 0 radical (unpaired) electrons. The van der Waals surface area contributed by atoms with E-state index in [-0.39, 0.29) is 0 Å². The number of methoxy groups -OCH3 is 1. The van der Waals surface area contributed by atoms with Gasteiger partial charge in [0.05, 0.1) is 19.8 Å². The second-order valence-electron chi connectivity index (χ2n) is 7.57. The number of hydrogen-bond acceptors (Lipinski definition) is 4. The van der Waals surface area contributed by atoms with E-state index in [1.165, 1.54) is 16.7 Å². The van der Waals surface area contributed by atoms with Crippen LogP contribution in [0.2, 0.25) is 0 Å². The molecule has 0 unspecified atom stereocenters. The second kappa shape index (κ2) is 15.4. The van der Waals surface area contributed by atoms with Crippen LogP contribution in [0.25, 0.3) is 0 Å². The SMILES string of the molecule is CCNC(=NCc1ccc(COCc2ccccc2)cc1)NCCN(C)CCCOC. The summed E-state index contributed by atoms with van der Waals surface area (Å²) in [5.41, 5.74) is 3.55. The third kappa shape index (κ3) is 11.0. The number of nitrogens with zero attached hydrogens (tertiary/aromatic N) is 2. The van der Waals surface area contributed by atoms with Gasteiger partial charge >= 0.3 is 0 Å². The van der Waals surface area contributed by atoms with Gasteiger partial charge in [-0.1, -0.05) is 54.6 Å². The lowest BCUT2D eigenvalue weighted by Crippen LogP contribution is -2.41. The molecule has 31 heavy (non-hydrogen) atoms. The fourth-order valence-corrected chi connectivity index (χ4v) is 3.07. The number of ether oxygens (including phenoxy) is 2. The van der Waals surface area contributed by atoms with Gasteiger partial charge in [-0.3, -0.25) is 0 Å². The summed E-state index contributed by atoms with van der Waals surface area (Å²) in [6.45, 7) is 8.46. The molecule has 2 aromatic rings. The van der Waals surface area contributed by atoms with E-state index in [4.69, 9.17) is 14.5 Å². The van der Waals surface area contributed by atoms with Crippen molar-refractivity contribution in [1.29, 1.82) is 0 Å². The molecule has 0 saturated carbocycles. The molecule has 0 aliphatic rings. The van der Waals surface area contributed by atoms with Crippen molar-refractivity contribution in [2.24, 2.45) is 4.99 Å². The fourth-order valence-electron chi connectivity index (χ4n) is 3.07. The van der Waals surface area contributed by atoms with E-state index in [2.05, 4.69) is 65.9 Å². The van der Waals surface area contributed by atoms with Crippen LogP contribution >= 0.6 is 0 Å². The van der Waals surface area contributed by atoms with E-state index in [0.717, 1.165) is 45.2 Å². The van der Waals surface area contributed by atoms with Gasteiger partial charge in [-0.2, -0.15) is 0 Å². The summed E-state index contributed by atoms with van der Waals surface area (Å²) in [4.78, 5) is 7.01. The van der Waals surface area contributed by atoms with Gasteiger partial charge in [0.1, 0.15) is 0 Å². The van der Waals surface area contributed by atoms with Crippen molar-refractivity contribution in [3.05, 3.63) is 71.3 Å². The summed E-state index contributed by atoms with van der Waals surface area (Å²) in [5.74, 6) is 0.850. The highest BCUT2D eigenvalue weighted by atomic mass is 16.5. The maximum absolute atomic E-state index is 5.81. The van der Waals surface area contributed by atoms with Crippen LogP contribution in [-0.4, -0.2) is 57.8 Å². The lowest BCUT2D eigenvalue weighted by molar-refractivity contribution is 0.107. The van der Waals surface area contributed by atoms with Crippen molar-refractivity contribution in [2.75, 3.05) is 46.9 Å². The third-order valence-electron chi connectivity index (χ3n) is 4.84. The summed E-state index contributed by atoms with van der Waals surface area (Å²) in [6, 6.07) is 18.7. The predicted octanol–water partition coefficient (Wildman–Crippen LogP) is 3.43. The van der Waals surface area contributed by atoms with Crippen molar-refractivity contribution < 1.29 is 9.47 Å². The number of hydrogen-bond donors (Lipinski definition) is 2. The minimum atomic E-state index is 0.612. The maximum atomic E-state index is 5.81. The topological polar surface area (TPSA) is 58.1 Å². The van der Waals surface area contributed by atoms with Crippen molar-refractivity contribution in [1.82, 2.24) is 15.5 Å². The zero-order valence-electron chi connectivity index (χ0n) is 19.3. The molecular weight excluding hydrogens is 388 g/mol. The van der Waals surface area contributed by atoms with Gasteiger partial charge in [0.15, 0.2) is 5.96 Å². The van der Waals surface area contributed by atoms with Gasteiger partial charge in [0.2, 0.25) is 0 Å². The molecule has 0 amide bonds. The van der Waals surface area contributed by atoms with Crippen LogP contribution in [0.15, 0.2) is 59.6 Å². The van der Waals surface area contributed by atoms with Gasteiger partial charge in [-0.15, -0.1) is 0 Å². The van der Waals surface area contributed by atoms with Gasteiger partial charge in [0, 0.05) is 39.9 Å². The summed E-state index contributed by atoms with van der Waals surface area (Å²) in [6.07, 6.45) is 1.05. The van der Waals surface area contributed by atoms with Crippen molar-refractivity contribution >= 4 is 5.96 Å². The molecule has 2 N–H and O–H groups in total. The first-order valence-electron chi connectivity index (χ1n) is 11.1. The normalized spacial score (nSPS) is 11.7. The molecule has 2 aromatic carbocycles. The molecular formula is C25H38N4O2. The summed E-state index contributed by atoms with van der Waals surface area (Å²) >= 11 is 0.